The van der Waals surface area contributed by atoms with E-state index in [0.29, 0.717) is 24.9 Å². The minimum absolute atomic E-state index is 0.0478. The van der Waals surface area contributed by atoms with E-state index in [-0.39, 0.29) is 30.2 Å². The molecule has 1 fully saturated rings. The lowest BCUT2D eigenvalue weighted by molar-refractivity contribution is -0.157. The van der Waals surface area contributed by atoms with Crippen molar-refractivity contribution in [1.29, 1.82) is 0 Å². The topological polar surface area (TPSA) is 76.0 Å². The van der Waals surface area contributed by atoms with E-state index >= 15 is 0 Å². The summed E-state index contributed by atoms with van der Waals surface area (Å²) in [7, 11) is 0.735. The van der Waals surface area contributed by atoms with Gasteiger partial charge in [-0.05, 0) is 80.4 Å². The lowest BCUT2D eigenvalue weighted by atomic mass is 9.76. The molecule has 2 atom stereocenters. The molecule has 3 aromatic carbocycles. The van der Waals surface area contributed by atoms with Gasteiger partial charge in [-0.15, -0.1) is 0 Å². The number of hydrogen-bond acceptors (Lipinski definition) is 6. The maximum Gasteiger partial charge on any atom is 0.494 e. The molecule has 0 amide bonds. The van der Waals surface area contributed by atoms with Gasteiger partial charge in [-0.2, -0.15) is 0 Å². The number of benzene rings is 3. The summed E-state index contributed by atoms with van der Waals surface area (Å²) in [5.74, 6) is -1.15. The van der Waals surface area contributed by atoms with Gasteiger partial charge in [0.2, 0.25) is 0 Å². The Morgan fingerprint density at radius 3 is 2.13 bits per heavy atom. The summed E-state index contributed by atoms with van der Waals surface area (Å²) in [5, 5.41) is 0. The second-order valence-electron chi connectivity index (χ2n) is 13.2. The van der Waals surface area contributed by atoms with Crippen LogP contribution in [0.1, 0.15) is 75.9 Å². The van der Waals surface area contributed by atoms with E-state index in [2.05, 4.69) is 18.4 Å². The van der Waals surface area contributed by atoms with E-state index in [1.165, 1.54) is 19.2 Å². The van der Waals surface area contributed by atoms with Crippen molar-refractivity contribution in [1.82, 2.24) is 4.57 Å². The standard InChI is InChI=1S/C38H43BFNO6/c1-25(2)35-34(37(43)44-6)33(26-13-9-7-10-14-26)36(27-17-19-29(40)20-18-27)41(35)22-21-30-23-31(24-32(42)45-38(3,4)5)47-39(46-30)28-15-11-8-12-16-28/h7-20,25,30-31H,21-24H2,1-6H3/t30-,31-/m1/s1. The molecule has 1 saturated heterocycles. The molecule has 1 aliphatic heterocycles. The van der Waals surface area contributed by atoms with E-state index < -0.39 is 24.8 Å². The van der Waals surface area contributed by atoms with Crippen molar-refractivity contribution in [2.75, 3.05) is 7.11 Å². The predicted molar refractivity (Wildman–Crippen MR) is 182 cm³/mol. The van der Waals surface area contributed by atoms with Crippen LogP contribution in [0.2, 0.25) is 0 Å². The zero-order valence-electron chi connectivity index (χ0n) is 28.0. The molecule has 1 aromatic heterocycles. The van der Waals surface area contributed by atoms with E-state index in [1.54, 1.807) is 12.1 Å². The van der Waals surface area contributed by atoms with Crippen LogP contribution in [0.4, 0.5) is 4.39 Å². The van der Waals surface area contributed by atoms with E-state index in [9.17, 15) is 14.0 Å². The Hall–Kier alpha value is -4.21. The number of carbonyl (C=O) groups excluding carboxylic acids is 2. The molecule has 0 bridgehead atoms. The largest absolute Gasteiger partial charge is 0.494 e. The van der Waals surface area contributed by atoms with Gasteiger partial charge in [0.25, 0.3) is 0 Å². The molecule has 2 heterocycles. The fourth-order valence-corrected chi connectivity index (χ4v) is 6.28. The summed E-state index contributed by atoms with van der Waals surface area (Å²) in [4.78, 5) is 26.4. The van der Waals surface area contributed by atoms with Crippen LogP contribution in [-0.2, 0) is 30.1 Å². The molecule has 0 saturated carbocycles. The van der Waals surface area contributed by atoms with Gasteiger partial charge in [-0.25, -0.2) is 9.18 Å². The second kappa shape index (κ2) is 14.7. The molecule has 0 radical (unpaired) electrons. The maximum atomic E-state index is 14.2. The van der Waals surface area contributed by atoms with Crippen molar-refractivity contribution in [2.24, 2.45) is 0 Å². The van der Waals surface area contributed by atoms with Gasteiger partial charge in [-0.1, -0.05) is 74.5 Å². The fraction of sp³-hybridized carbons (Fsp3) is 0.368. The van der Waals surface area contributed by atoms with E-state index in [1.807, 2.05) is 81.4 Å². The van der Waals surface area contributed by atoms with Gasteiger partial charge in [0.05, 0.1) is 30.9 Å². The van der Waals surface area contributed by atoms with Gasteiger partial charge < -0.3 is 23.3 Å². The normalized spacial score (nSPS) is 16.7. The number of hydrogen-bond donors (Lipinski definition) is 0. The minimum atomic E-state index is -0.654. The van der Waals surface area contributed by atoms with Gasteiger partial charge >= 0.3 is 19.1 Å². The summed E-state index contributed by atoms with van der Waals surface area (Å²) in [6, 6.07) is 25.8. The number of aromatic nitrogens is 1. The first-order valence-corrected chi connectivity index (χ1v) is 16.2. The first kappa shape index (κ1) is 34.1. The highest BCUT2D eigenvalue weighted by molar-refractivity contribution is 6.61. The molecule has 0 N–H and O–H groups in total. The Morgan fingerprint density at radius 1 is 0.915 bits per heavy atom. The Kier molecular flexibility index (Phi) is 10.7. The van der Waals surface area contributed by atoms with Crippen LogP contribution in [0.15, 0.2) is 84.9 Å². The minimum Gasteiger partial charge on any atom is -0.465 e. The van der Waals surface area contributed by atoms with Crippen LogP contribution >= 0.6 is 0 Å². The van der Waals surface area contributed by atoms with Crippen LogP contribution in [0.5, 0.6) is 0 Å². The van der Waals surface area contributed by atoms with Gasteiger partial charge in [0.1, 0.15) is 11.4 Å². The number of esters is 2. The molecule has 1 aliphatic rings. The third-order valence-corrected chi connectivity index (χ3v) is 8.14. The summed E-state index contributed by atoms with van der Waals surface area (Å²) in [6.45, 7) is 10.1. The monoisotopic (exact) mass is 639 g/mol. The average Bonchev–Trinajstić information content (AvgIpc) is 3.39. The molecule has 0 aliphatic carbocycles. The lowest BCUT2D eigenvalue weighted by Crippen LogP contribution is -2.49. The quantitative estimate of drug-likeness (QED) is 0.132. The van der Waals surface area contributed by atoms with Crippen molar-refractivity contribution in [2.45, 2.75) is 84.2 Å². The van der Waals surface area contributed by atoms with E-state index in [0.717, 1.165) is 33.5 Å². The van der Waals surface area contributed by atoms with Crippen LogP contribution < -0.4 is 5.46 Å². The van der Waals surface area contributed by atoms with E-state index in [4.69, 9.17) is 18.8 Å². The Bertz CT molecular complexity index is 1660. The average molecular weight is 640 g/mol. The fourth-order valence-electron chi connectivity index (χ4n) is 6.28. The Balaban J connectivity index is 1.56. The maximum absolute atomic E-state index is 14.2. The van der Waals surface area contributed by atoms with Gasteiger partial charge in [-0.3, -0.25) is 4.79 Å². The second-order valence-corrected chi connectivity index (χ2v) is 13.2. The molecule has 0 spiro atoms. The third kappa shape index (κ3) is 8.21. The SMILES string of the molecule is COC(=O)c1c(-c2ccccc2)c(-c2ccc(F)cc2)n(CC[C@@H]2C[C@H](CC(=O)OC(C)(C)C)OB(c3ccccc3)O2)c1C(C)C. The number of nitrogens with zero attached hydrogens (tertiary/aromatic N) is 1. The number of halogens is 1. The Labute approximate surface area is 277 Å². The highest BCUT2D eigenvalue weighted by Crippen LogP contribution is 2.43. The smallest absolute Gasteiger partial charge is 0.465 e. The van der Waals surface area contributed by atoms with Crippen LogP contribution in [0.3, 0.4) is 0 Å². The molecule has 47 heavy (non-hydrogen) atoms. The highest BCUT2D eigenvalue weighted by Gasteiger charge is 2.38. The van der Waals surface area contributed by atoms with Crippen molar-refractivity contribution in [3.05, 3.63) is 102 Å². The molecule has 0 unspecified atom stereocenters. The first-order valence-electron chi connectivity index (χ1n) is 16.2. The van der Waals surface area contributed by atoms with Crippen LogP contribution in [0.25, 0.3) is 22.4 Å². The third-order valence-electron chi connectivity index (χ3n) is 8.14. The molecular weight excluding hydrogens is 596 g/mol. The highest BCUT2D eigenvalue weighted by atomic mass is 19.1. The van der Waals surface area contributed by atoms with Gasteiger partial charge in [0.15, 0.2) is 0 Å². The van der Waals surface area contributed by atoms with Crippen molar-refractivity contribution in [3.8, 4) is 22.4 Å². The summed E-state index contributed by atoms with van der Waals surface area (Å²) < 4.78 is 40.1. The zero-order chi connectivity index (χ0) is 33.7. The Morgan fingerprint density at radius 2 is 1.53 bits per heavy atom. The van der Waals surface area contributed by atoms with Crippen LogP contribution in [-0.4, -0.2) is 48.5 Å². The van der Waals surface area contributed by atoms with Crippen LogP contribution in [0, 0.1) is 5.82 Å². The number of methoxy groups -OCH3 is 1. The number of carbonyl (C=O) groups is 2. The summed E-state index contributed by atoms with van der Waals surface area (Å²) in [5.41, 5.74) is 4.76. The molecule has 5 rings (SSSR count). The molecule has 9 heteroatoms. The zero-order valence-corrected chi connectivity index (χ0v) is 28.0. The molecular formula is C38H43BFNO6. The first-order chi connectivity index (χ1) is 22.4. The molecule has 7 nitrogen and oxygen atoms in total. The number of rotatable bonds is 10. The molecule has 246 valence electrons. The van der Waals surface area contributed by atoms with Crippen molar-refractivity contribution < 1.29 is 32.8 Å². The lowest BCUT2D eigenvalue weighted by Gasteiger charge is -2.35. The summed E-state index contributed by atoms with van der Waals surface area (Å²) >= 11 is 0. The van der Waals surface area contributed by atoms with Gasteiger partial charge in [0, 0.05) is 23.9 Å². The molecule has 4 aromatic rings. The predicted octanol–water partition coefficient (Wildman–Crippen LogP) is 7.56. The summed E-state index contributed by atoms with van der Waals surface area (Å²) in [6.07, 6.45) is 0.473. The van der Waals surface area contributed by atoms with Crippen molar-refractivity contribution >= 4 is 24.5 Å². The van der Waals surface area contributed by atoms with Crippen molar-refractivity contribution in [3.63, 3.8) is 0 Å². The number of ether oxygens (including phenoxy) is 2.